The first-order valence-corrected chi connectivity index (χ1v) is 9.26. The van der Waals surface area contributed by atoms with E-state index in [4.69, 9.17) is 0 Å². The Hall–Kier alpha value is -0.910. The smallest absolute Gasteiger partial charge is 0.243 e. The Bertz CT molecular complexity index is 571. The molecular formula is C16H26N2O2S. The van der Waals surface area contributed by atoms with Crippen LogP contribution in [0.4, 0.5) is 0 Å². The van der Waals surface area contributed by atoms with E-state index in [-0.39, 0.29) is 6.04 Å². The van der Waals surface area contributed by atoms with Crippen LogP contribution in [0.15, 0.2) is 29.2 Å². The molecule has 1 saturated heterocycles. The summed E-state index contributed by atoms with van der Waals surface area (Å²) in [5, 5.41) is 3.32. The fourth-order valence-electron chi connectivity index (χ4n) is 2.87. The van der Waals surface area contributed by atoms with Crippen molar-refractivity contribution in [1.29, 1.82) is 0 Å². The number of nitrogens with zero attached hydrogens (tertiary/aromatic N) is 1. The van der Waals surface area contributed by atoms with Crippen LogP contribution in [-0.4, -0.2) is 32.4 Å². The summed E-state index contributed by atoms with van der Waals surface area (Å²) < 4.78 is 27.1. The summed E-state index contributed by atoms with van der Waals surface area (Å²) in [6.07, 6.45) is 2.02. The van der Waals surface area contributed by atoms with Crippen LogP contribution in [0.3, 0.4) is 0 Å². The maximum absolute atomic E-state index is 12.7. The third-order valence-corrected chi connectivity index (χ3v) is 6.19. The van der Waals surface area contributed by atoms with E-state index in [1.807, 2.05) is 25.1 Å². The van der Waals surface area contributed by atoms with E-state index < -0.39 is 10.0 Å². The molecule has 2 atom stereocenters. The second kappa shape index (κ2) is 6.90. The number of sulfonamides is 1. The van der Waals surface area contributed by atoms with E-state index in [0.717, 1.165) is 24.9 Å². The molecule has 21 heavy (non-hydrogen) atoms. The Balaban J connectivity index is 2.22. The van der Waals surface area contributed by atoms with Crippen LogP contribution in [0.1, 0.15) is 45.2 Å². The van der Waals surface area contributed by atoms with Gasteiger partial charge in [0, 0.05) is 19.1 Å². The van der Waals surface area contributed by atoms with Gasteiger partial charge in [0.1, 0.15) is 0 Å². The van der Waals surface area contributed by atoms with Crippen molar-refractivity contribution < 1.29 is 8.42 Å². The molecule has 0 amide bonds. The Morgan fingerprint density at radius 2 is 2.14 bits per heavy atom. The third kappa shape index (κ3) is 3.65. The summed E-state index contributed by atoms with van der Waals surface area (Å²) in [5.74, 6) is 0.503. The number of nitrogens with one attached hydrogen (secondary N) is 1. The molecule has 2 unspecified atom stereocenters. The molecule has 1 heterocycles. The monoisotopic (exact) mass is 310 g/mol. The summed E-state index contributed by atoms with van der Waals surface area (Å²) in [4.78, 5) is 0.418. The molecule has 1 fully saturated rings. The topological polar surface area (TPSA) is 49.4 Å². The van der Waals surface area contributed by atoms with Gasteiger partial charge in [-0.05, 0) is 43.5 Å². The maximum Gasteiger partial charge on any atom is 0.243 e. The first kappa shape index (κ1) is 16.5. The molecule has 0 saturated carbocycles. The molecule has 1 aliphatic rings. The highest BCUT2D eigenvalue weighted by molar-refractivity contribution is 7.89. The highest BCUT2D eigenvalue weighted by atomic mass is 32.2. The number of benzene rings is 1. The highest BCUT2D eigenvalue weighted by Crippen LogP contribution is 2.27. The quantitative estimate of drug-likeness (QED) is 0.879. The highest BCUT2D eigenvalue weighted by Gasteiger charge is 2.31. The van der Waals surface area contributed by atoms with Gasteiger partial charge in [0.15, 0.2) is 0 Å². The van der Waals surface area contributed by atoms with Crippen molar-refractivity contribution in [3.8, 4) is 0 Å². The molecule has 1 N–H and O–H groups in total. The van der Waals surface area contributed by atoms with Gasteiger partial charge in [0.05, 0.1) is 4.90 Å². The summed E-state index contributed by atoms with van der Waals surface area (Å²) in [5.41, 5.74) is 1.02. The zero-order chi connectivity index (χ0) is 15.5. The Labute approximate surface area is 128 Å². The first-order chi connectivity index (χ1) is 9.98. The first-order valence-electron chi connectivity index (χ1n) is 7.82. The average Bonchev–Trinajstić information content (AvgIpc) is 2.97. The van der Waals surface area contributed by atoms with Gasteiger partial charge in [0.25, 0.3) is 0 Å². The summed E-state index contributed by atoms with van der Waals surface area (Å²) in [6, 6.07) is 7.49. The lowest BCUT2D eigenvalue weighted by Crippen LogP contribution is -2.29. The van der Waals surface area contributed by atoms with Gasteiger partial charge in [-0.15, -0.1) is 0 Å². The van der Waals surface area contributed by atoms with Gasteiger partial charge in [0.2, 0.25) is 10.0 Å². The second-order valence-corrected chi connectivity index (χ2v) is 7.72. The minimum absolute atomic E-state index is 0.159. The van der Waals surface area contributed by atoms with E-state index in [1.165, 1.54) is 0 Å². The molecule has 0 spiro atoms. The fraction of sp³-hybridized carbons (Fsp3) is 0.625. The van der Waals surface area contributed by atoms with Crippen molar-refractivity contribution in [2.24, 2.45) is 5.92 Å². The number of hydrogen-bond acceptors (Lipinski definition) is 3. The molecule has 0 aliphatic carbocycles. The lowest BCUT2D eigenvalue weighted by molar-refractivity contribution is 0.453. The van der Waals surface area contributed by atoms with Gasteiger partial charge < -0.3 is 5.32 Å². The van der Waals surface area contributed by atoms with E-state index in [1.54, 1.807) is 10.4 Å². The largest absolute Gasteiger partial charge is 0.310 e. The fourth-order valence-corrected chi connectivity index (χ4v) is 4.45. The second-order valence-electron chi connectivity index (χ2n) is 5.78. The van der Waals surface area contributed by atoms with Crippen LogP contribution in [0, 0.1) is 5.92 Å². The van der Waals surface area contributed by atoms with E-state index >= 15 is 0 Å². The Kier molecular flexibility index (Phi) is 5.41. The molecular weight excluding hydrogens is 284 g/mol. The predicted molar refractivity (Wildman–Crippen MR) is 85.7 cm³/mol. The lowest BCUT2D eigenvalue weighted by Gasteiger charge is -2.18. The minimum Gasteiger partial charge on any atom is -0.310 e. The molecule has 1 aliphatic heterocycles. The molecule has 0 bridgehead atoms. The van der Waals surface area contributed by atoms with E-state index in [9.17, 15) is 8.42 Å². The van der Waals surface area contributed by atoms with Crippen molar-refractivity contribution in [2.75, 3.05) is 19.6 Å². The van der Waals surface area contributed by atoms with E-state index in [2.05, 4.69) is 19.2 Å². The molecule has 5 heteroatoms. The maximum atomic E-state index is 12.7. The SMILES string of the molecule is CCNC(C)c1cccc(S(=O)(=O)N2CCC(CC)C2)c1. The summed E-state index contributed by atoms with van der Waals surface area (Å²) >= 11 is 0. The average molecular weight is 310 g/mol. The lowest BCUT2D eigenvalue weighted by atomic mass is 10.1. The van der Waals surface area contributed by atoms with Gasteiger partial charge >= 0.3 is 0 Å². The molecule has 0 aromatic heterocycles. The molecule has 2 rings (SSSR count). The van der Waals surface area contributed by atoms with Crippen molar-refractivity contribution in [2.45, 2.75) is 44.6 Å². The zero-order valence-electron chi connectivity index (χ0n) is 13.2. The van der Waals surface area contributed by atoms with Crippen molar-refractivity contribution in [3.05, 3.63) is 29.8 Å². The normalized spacial score (nSPS) is 21.6. The van der Waals surface area contributed by atoms with E-state index in [0.29, 0.717) is 23.9 Å². The summed E-state index contributed by atoms with van der Waals surface area (Å²) in [6.45, 7) is 8.39. The Morgan fingerprint density at radius 1 is 1.38 bits per heavy atom. The van der Waals surface area contributed by atoms with Crippen LogP contribution < -0.4 is 5.32 Å². The van der Waals surface area contributed by atoms with Crippen molar-refractivity contribution in [1.82, 2.24) is 9.62 Å². The van der Waals surface area contributed by atoms with Gasteiger partial charge in [-0.2, -0.15) is 4.31 Å². The van der Waals surface area contributed by atoms with Gasteiger partial charge in [-0.3, -0.25) is 0 Å². The van der Waals surface area contributed by atoms with Gasteiger partial charge in [-0.1, -0.05) is 32.4 Å². The van der Waals surface area contributed by atoms with Crippen molar-refractivity contribution in [3.63, 3.8) is 0 Å². The molecule has 1 aromatic carbocycles. The molecule has 0 radical (unpaired) electrons. The molecule has 4 nitrogen and oxygen atoms in total. The number of rotatable bonds is 6. The Morgan fingerprint density at radius 3 is 2.76 bits per heavy atom. The number of hydrogen-bond donors (Lipinski definition) is 1. The van der Waals surface area contributed by atoms with Crippen LogP contribution in [0.5, 0.6) is 0 Å². The van der Waals surface area contributed by atoms with Crippen LogP contribution in [0.2, 0.25) is 0 Å². The summed E-state index contributed by atoms with van der Waals surface area (Å²) in [7, 11) is -3.35. The van der Waals surface area contributed by atoms with Crippen LogP contribution in [0.25, 0.3) is 0 Å². The van der Waals surface area contributed by atoms with Crippen molar-refractivity contribution >= 4 is 10.0 Å². The zero-order valence-corrected chi connectivity index (χ0v) is 14.0. The van der Waals surface area contributed by atoms with Crippen LogP contribution >= 0.6 is 0 Å². The minimum atomic E-state index is -3.35. The van der Waals surface area contributed by atoms with Crippen LogP contribution in [-0.2, 0) is 10.0 Å². The predicted octanol–water partition coefficient (Wildman–Crippen LogP) is 2.78. The molecule has 1 aromatic rings. The third-order valence-electron chi connectivity index (χ3n) is 4.33. The van der Waals surface area contributed by atoms with Gasteiger partial charge in [-0.25, -0.2) is 8.42 Å². The standard InChI is InChI=1S/C16H26N2O2S/c1-4-14-9-10-18(12-14)21(19,20)16-8-6-7-15(11-16)13(3)17-5-2/h6-8,11,13-14,17H,4-5,9-10,12H2,1-3H3. The molecule has 118 valence electrons.